The van der Waals surface area contributed by atoms with E-state index in [0.29, 0.717) is 18.0 Å². The number of fused-ring (bicyclic) bond motifs is 1. The zero-order chi connectivity index (χ0) is 16.4. The number of carbonyl (C=O) groups excluding carboxylic acids is 1. The van der Waals surface area contributed by atoms with E-state index in [1.54, 1.807) is 6.26 Å². The van der Waals surface area contributed by atoms with Crippen LogP contribution in [0.1, 0.15) is 6.42 Å². The molecule has 4 rings (SSSR count). The summed E-state index contributed by atoms with van der Waals surface area (Å²) in [5, 5.41) is 6.34. The number of aromatic amines is 1. The van der Waals surface area contributed by atoms with Crippen molar-refractivity contribution in [1.82, 2.24) is 15.3 Å². The minimum Gasteiger partial charge on any atom is -0.461 e. The van der Waals surface area contributed by atoms with E-state index in [-0.39, 0.29) is 36.8 Å². The maximum absolute atomic E-state index is 12.2. The average Bonchev–Trinajstić information content (AvgIpc) is 3.24. The van der Waals surface area contributed by atoms with Gasteiger partial charge in [0.25, 0.3) is 0 Å². The Morgan fingerprint density at radius 2 is 2.23 bits per heavy atom. The van der Waals surface area contributed by atoms with Crippen molar-refractivity contribution < 1.29 is 9.21 Å². The van der Waals surface area contributed by atoms with Crippen molar-refractivity contribution in [2.75, 3.05) is 23.4 Å². The molecule has 9 heteroatoms. The van der Waals surface area contributed by atoms with Crippen molar-refractivity contribution >= 4 is 59.2 Å². The first-order chi connectivity index (χ1) is 11.8. The van der Waals surface area contributed by atoms with E-state index in [4.69, 9.17) is 4.42 Å². The summed E-state index contributed by atoms with van der Waals surface area (Å²) < 4.78 is 5.36. The molecule has 1 unspecified atom stereocenters. The Labute approximate surface area is 167 Å². The van der Waals surface area contributed by atoms with Gasteiger partial charge >= 0.3 is 0 Å². The molecular weight excluding hydrogens is 395 g/mol. The van der Waals surface area contributed by atoms with Crippen molar-refractivity contribution in [3.63, 3.8) is 0 Å². The monoisotopic (exact) mass is 414 g/mol. The fraction of sp³-hybridized carbons (Fsp3) is 0.294. The summed E-state index contributed by atoms with van der Waals surface area (Å²) >= 11 is 1.89. The molecule has 1 aromatic carbocycles. The van der Waals surface area contributed by atoms with Crippen LogP contribution in [-0.2, 0) is 4.79 Å². The molecule has 1 aliphatic rings. The zero-order valence-corrected chi connectivity index (χ0v) is 16.3. The van der Waals surface area contributed by atoms with Crippen LogP contribution < -0.4 is 10.6 Å². The number of H-pyrrole nitrogens is 1. The van der Waals surface area contributed by atoms with E-state index in [0.717, 1.165) is 34.8 Å². The quantitative estimate of drug-likeness (QED) is 0.605. The summed E-state index contributed by atoms with van der Waals surface area (Å²) in [5.74, 6) is 3.51. The predicted molar refractivity (Wildman–Crippen MR) is 111 cm³/mol. The number of hydrogen-bond donors (Lipinski definition) is 3. The van der Waals surface area contributed by atoms with Gasteiger partial charge in [0.2, 0.25) is 5.91 Å². The molecule has 1 saturated heterocycles. The molecule has 1 atom stereocenters. The summed E-state index contributed by atoms with van der Waals surface area (Å²) in [7, 11) is 0. The van der Waals surface area contributed by atoms with Gasteiger partial charge in [-0.2, -0.15) is 11.8 Å². The van der Waals surface area contributed by atoms with E-state index >= 15 is 0 Å². The lowest BCUT2D eigenvalue weighted by molar-refractivity contribution is -0.116. The lowest BCUT2D eigenvalue weighted by atomic mass is 10.2. The van der Waals surface area contributed by atoms with Crippen LogP contribution in [-0.4, -0.2) is 40.0 Å². The van der Waals surface area contributed by atoms with Gasteiger partial charge in [0, 0.05) is 36.2 Å². The second-order valence-electron chi connectivity index (χ2n) is 5.77. The summed E-state index contributed by atoms with van der Waals surface area (Å²) in [4.78, 5) is 19.9. The Hall–Kier alpha value is -1.67. The third-order valence-electron chi connectivity index (χ3n) is 3.95. The zero-order valence-electron chi connectivity index (χ0n) is 13.9. The maximum atomic E-state index is 12.2. The molecule has 0 saturated carbocycles. The van der Waals surface area contributed by atoms with Gasteiger partial charge in [0.1, 0.15) is 0 Å². The second-order valence-corrected chi connectivity index (χ2v) is 6.92. The lowest BCUT2D eigenvalue weighted by Gasteiger charge is -2.22. The Bertz CT molecular complexity index is 848. The molecule has 26 heavy (non-hydrogen) atoms. The van der Waals surface area contributed by atoms with Crippen LogP contribution in [0, 0.1) is 0 Å². The van der Waals surface area contributed by atoms with E-state index in [1.165, 1.54) is 0 Å². The fourth-order valence-electron chi connectivity index (χ4n) is 2.80. The third kappa shape index (κ3) is 4.73. The predicted octanol–water partition coefficient (Wildman–Crippen LogP) is 3.70. The molecule has 0 aliphatic carbocycles. The first-order valence-corrected chi connectivity index (χ1v) is 9.08. The molecule has 6 nitrogen and oxygen atoms in total. The number of nitrogens with one attached hydrogen (secondary N) is 3. The van der Waals surface area contributed by atoms with E-state index in [9.17, 15) is 4.79 Å². The number of hydrogen-bond acceptors (Lipinski definition) is 5. The SMILES string of the molecule is Cl.Cl.O=C(CC1CSCCN1)Nc1ccc2nc(-c3ccco3)[nH]c2c1. The van der Waals surface area contributed by atoms with Crippen molar-refractivity contribution in [2.24, 2.45) is 0 Å². The van der Waals surface area contributed by atoms with Gasteiger partial charge in [0.15, 0.2) is 11.6 Å². The number of carbonyl (C=O) groups is 1. The highest BCUT2D eigenvalue weighted by atomic mass is 35.5. The Morgan fingerprint density at radius 1 is 1.35 bits per heavy atom. The number of nitrogens with zero attached hydrogens (tertiary/aromatic N) is 1. The van der Waals surface area contributed by atoms with Crippen molar-refractivity contribution in [3.05, 3.63) is 36.6 Å². The molecule has 140 valence electrons. The molecule has 3 N–H and O–H groups in total. The summed E-state index contributed by atoms with van der Waals surface area (Å²) in [5.41, 5.74) is 2.47. The van der Waals surface area contributed by atoms with Gasteiger partial charge in [-0.25, -0.2) is 4.98 Å². The van der Waals surface area contributed by atoms with Crippen LogP contribution >= 0.6 is 36.6 Å². The third-order valence-corrected chi connectivity index (χ3v) is 5.08. The number of rotatable bonds is 4. The Balaban J connectivity index is 0.00000121. The molecule has 3 aromatic rings. The number of halogens is 2. The van der Waals surface area contributed by atoms with Gasteiger partial charge in [-0.15, -0.1) is 24.8 Å². The topological polar surface area (TPSA) is 82.9 Å². The van der Waals surface area contributed by atoms with Crippen LogP contribution in [0.2, 0.25) is 0 Å². The molecule has 2 aromatic heterocycles. The van der Waals surface area contributed by atoms with Gasteiger partial charge in [0.05, 0.1) is 17.3 Å². The number of furan rings is 1. The number of aromatic nitrogens is 2. The summed E-state index contributed by atoms with van der Waals surface area (Å²) in [6.45, 7) is 0.971. The number of imidazole rings is 1. The minimum atomic E-state index is 0. The van der Waals surface area contributed by atoms with E-state index in [2.05, 4.69) is 20.6 Å². The number of anilines is 1. The fourth-order valence-corrected chi connectivity index (χ4v) is 3.75. The highest BCUT2D eigenvalue weighted by molar-refractivity contribution is 7.99. The first-order valence-electron chi connectivity index (χ1n) is 7.92. The smallest absolute Gasteiger partial charge is 0.225 e. The van der Waals surface area contributed by atoms with Crippen LogP contribution in [0.25, 0.3) is 22.6 Å². The molecule has 0 spiro atoms. The van der Waals surface area contributed by atoms with Crippen LogP contribution in [0.5, 0.6) is 0 Å². The van der Waals surface area contributed by atoms with Crippen molar-refractivity contribution in [2.45, 2.75) is 12.5 Å². The molecule has 3 heterocycles. The second kappa shape index (κ2) is 9.32. The van der Waals surface area contributed by atoms with Crippen LogP contribution in [0.15, 0.2) is 41.0 Å². The standard InChI is InChI=1S/C17H18N4O2S.2ClH/c22-16(9-12-10-24-7-5-18-12)19-11-3-4-13-14(8-11)21-17(20-13)15-2-1-6-23-15;;/h1-4,6,8,12,18H,5,7,9-10H2,(H,19,22)(H,20,21);2*1H. The highest BCUT2D eigenvalue weighted by Gasteiger charge is 2.17. The van der Waals surface area contributed by atoms with E-state index < -0.39 is 0 Å². The molecular formula is C17H20Cl2N4O2S. The highest BCUT2D eigenvalue weighted by Crippen LogP contribution is 2.23. The summed E-state index contributed by atoms with van der Waals surface area (Å²) in [6, 6.07) is 9.60. The molecule has 1 amide bonds. The number of amides is 1. The molecule has 0 bridgehead atoms. The number of thioether (sulfide) groups is 1. The van der Waals surface area contributed by atoms with Crippen LogP contribution in [0.3, 0.4) is 0 Å². The van der Waals surface area contributed by atoms with Crippen LogP contribution in [0.4, 0.5) is 5.69 Å². The first kappa shape index (κ1) is 20.6. The van der Waals surface area contributed by atoms with Gasteiger partial charge in [-0.05, 0) is 30.3 Å². The molecule has 0 radical (unpaired) electrons. The normalized spacial score (nSPS) is 16.5. The summed E-state index contributed by atoms with van der Waals surface area (Å²) in [6.07, 6.45) is 2.11. The Morgan fingerprint density at radius 3 is 2.96 bits per heavy atom. The Kier molecular flexibility index (Phi) is 7.40. The van der Waals surface area contributed by atoms with Gasteiger partial charge in [-0.1, -0.05) is 0 Å². The van der Waals surface area contributed by atoms with Crippen molar-refractivity contribution in [3.8, 4) is 11.6 Å². The number of benzene rings is 1. The van der Waals surface area contributed by atoms with Crippen molar-refractivity contribution in [1.29, 1.82) is 0 Å². The lowest BCUT2D eigenvalue weighted by Crippen LogP contribution is -2.39. The largest absolute Gasteiger partial charge is 0.461 e. The van der Waals surface area contributed by atoms with Gasteiger partial charge in [-0.3, -0.25) is 4.79 Å². The van der Waals surface area contributed by atoms with Gasteiger partial charge < -0.3 is 20.0 Å². The molecule has 1 aliphatic heterocycles. The molecule has 1 fully saturated rings. The minimum absolute atomic E-state index is 0. The van der Waals surface area contributed by atoms with E-state index in [1.807, 2.05) is 42.1 Å². The average molecular weight is 415 g/mol. The maximum Gasteiger partial charge on any atom is 0.225 e.